The van der Waals surface area contributed by atoms with Gasteiger partial charge in [0.25, 0.3) is 0 Å². The summed E-state index contributed by atoms with van der Waals surface area (Å²) in [5.41, 5.74) is 1.89. The smallest absolute Gasteiger partial charge is 0.155 e. The van der Waals surface area contributed by atoms with Crippen molar-refractivity contribution in [1.29, 1.82) is 0 Å². The standard InChI is InChI=1S/C11H15NO/c1-4-12-6-5-11(8-12)7-9(2)10(3)13/h5-8H,4H2,1-3H3/b9-7-. The Kier molecular flexibility index (Phi) is 3.07. The van der Waals surface area contributed by atoms with Gasteiger partial charge in [-0.05, 0) is 44.1 Å². The molecule has 13 heavy (non-hydrogen) atoms. The molecule has 1 aromatic rings. The van der Waals surface area contributed by atoms with E-state index < -0.39 is 0 Å². The van der Waals surface area contributed by atoms with Crippen LogP contribution in [0.25, 0.3) is 6.08 Å². The molecule has 70 valence electrons. The number of hydrogen-bond acceptors (Lipinski definition) is 1. The molecule has 1 rings (SSSR count). The second kappa shape index (κ2) is 4.08. The number of rotatable bonds is 3. The lowest BCUT2D eigenvalue weighted by Gasteiger charge is -1.93. The van der Waals surface area contributed by atoms with E-state index >= 15 is 0 Å². The molecule has 0 aliphatic rings. The molecule has 0 aliphatic heterocycles. The molecule has 0 fully saturated rings. The normalized spacial score (nSPS) is 11.8. The molecule has 1 aromatic heterocycles. The van der Waals surface area contributed by atoms with Crippen LogP contribution in [0.2, 0.25) is 0 Å². The Balaban J connectivity index is 2.84. The molecule has 0 atom stereocenters. The van der Waals surface area contributed by atoms with Gasteiger partial charge in [-0.25, -0.2) is 0 Å². The zero-order valence-electron chi connectivity index (χ0n) is 8.37. The highest BCUT2D eigenvalue weighted by molar-refractivity contribution is 5.97. The molecular formula is C11H15NO. The number of carbonyl (C=O) groups excluding carboxylic acids is 1. The number of aryl methyl sites for hydroxylation is 1. The molecule has 0 radical (unpaired) electrons. The monoisotopic (exact) mass is 177 g/mol. The molecule has 0 saturated carbocycles. The highest BCUT2D eigenvalue weighted by atomic mass is 16.1. The van der Waals surface area contributed by atoms with Gasteiger partial charge in [0.15, 0.2) is 5.78 Å². The van der Waals surface area contributed by atoms with Crippen molar-refractivity contribution in [1.82, 2.24) is 4.57 Å². The molecule has 0 aliphatic carbocycles. The van der Waals surface area contributed by atoms with Crippen LogP contribution in [-0.2, 0) is 11.3 Å². The van der Waals surface area contributed by atoms with Crippen molar-refractivity contribution in [3.63, 3.8) is 0 Å². The zero-order valence-corrected chi connectivity index (χ0v) is 8.37. The van der Waals surface area contributed by atoms with Gasteiger partial charge >= 0.3 is 0 Å². The molecule has 0 spiro atoms. The third-order valence-corrected chi connectivity index (χ3v) is 2.08. The van der Waals surface area contributed by atoms with Gasteiger partial charge < -0.3 is 4.57 Å². The Morgan fingerprint density at radius 1 is 1.54 bits per heavy atom. The highest BCUT2D eigenvalue weighted by Gasteiger charge is 1.97. The fraction of sp³-hybridized carbons (Fsp3) is 0.364. The maximum atomic E-state index is 10.9. The van der Waals surface area contributed by atoms with Crippen LogP contribution >= 0.6 is 0 Å². The fourth-order valence-corrected chi connectivity index (χ4v) is 1.09. The van der Waals surface area contributed by atoms with Crippen LogP contribution in [0, 0.1) is 0 Å². The Labute approximate surface area is 78.9 Å². The van der Waals surface area contributed by atoms with Crippen LogP contribution in [0.4, 0.5) is 0 Å². The van der Waals surface area contributed by atoms with Crippen LogP contribution in [0.1, 0.15) is 26.3 Å². The van der Waals surface area contributed by atoms with Crippen LogP contribution in [0.3, 0.4) is 0 Å². The van der Waals surface area contributed by atoms with Crippen LogP contribution in [-0.4, -0.2) is 10.4 Å². The van der Waals surface area contributed by atoms with E-state index in [0.717, 1.165) is 17.7 Å². The minimum Gasteiger partial charge on any atom is -0.354 e. The van der Waals surface area contributed by atoms with E-state index in [1.54, 1.807) is 6.92 Å². The van der Waals surface area contributed by atoms with Crippen molar-refractivity contribution in [2.75, 3.05) is 0 Å². The molecular weight excluding hydrogens is 162 g/mol. The second-order valence-corrected chi connectivity index (χ2v) is 3.16. The van der Waals surface area contributed by atoms with E-state index in [9.17, 15) is 4.79 Å². The largest absolute Gasteiger partial charge is 0.354 e. The molecule has 2 heteroatoms. The van der Waals surface area contributed by atoms with Crippen LogP contribution < -0.4 is 0 Å². The number of hydrogen-bond donors (Lipinski definition) is 0. The first-order valence-electron chi connectivity index (χ1n) is 4.48. The van der Waals surface area contributed by atoms with Crippen molar-refractivity contribution in [3.05, 3.63) is 29.6 Å². The van der Waals surface area contributed by atoms with Gasteiger partial charge in [0.05, 0.1) is 0 Å². The van der Waals surface area contributed by atoms with Gasteiger partial charge in [0, 0.05) is 18.9 Å². The molecule has 1 heterocycles. The number of ketones is 1. The summed E-state index contributed by atoms with van der Waals surface area (Å²) in [5, 5.41) is 0. The average Bonchev–Trinajstić information content (AvgIpc) is 2.52. The predicted molar refractivity (Wildman–Crippen MR) is 54.4 cm³/mol. The summed E-state index contributed by atoms with van der Waals surface area (Å²) in [4.78, 5) is 10.9. The predicted octanol–water partition coefficient (Wildman–Crippen LogP) is 2.50. The lowest BCUT2D eigenvalue weighted by atomic mass is 10.1. The number of nitrogens with zero attached hydrogens (tertiary/aromatic N) is 1. The lowest BCUT2D eigenvalue weighted by Crippen LogP contribution is -1.90. The first-order chi connectivity index (χ1) is 6.13. The first-order valence-corrected chi connectivity index (χ1v) is 4.48. The van der Waals surface area contributed by atoms with Crippen LogP contribution in [0.15, 0.2) is 24.0 Å². The summed E-state index contributed by atoms with van der Waals surface area (Å²) in [6.07, 6.45) is 5.96. The van der Waals surface area contributed by atoms with Gasteiger partial charge in [0.1, 0.15) is 0 Å². The zero-order chi connectivity index (χ0) is 9.84. The van der Waals surface area contributed by atoms with Gasteiger partial charge in [-0.15, -0.1) is 0 Å². The topological polar surface area (TPSA) is 22.0 Å². The lowest BCUT2D eigenvalue weighted by molar-refractivity contribution is -0.113. The number of Topliss-reactive ketones (excluding diaryl/α,β-unsaturated/α-hetero) is 1. The molecule has 0 bridgehead atoms. The summed E-state index contributed by atoms with van der Waals surface area (Å²) in [6, 6.07) is 2.01. The van der Waals surface area contributed by atoms with Crippen molar-refractivity contribution >= 4 is 11.9 Å². The molecule has 2 nitrogen and oxygen atoms in total. The Morgan fingerprint density at radius 2 is 2.23 bits per heavy atom. The van der Waals surface area contributed by atoms with Crippen molar-refractivity contribution in [3.8, 4) is 0 Å². The third-order valence-electron chi connectivity index (χ3n) is 2.08. The van der Waals surface area contributed by atoms with E-state index in [1.807, 2.05) is 31.5 Å². The molecule has 0 N–H and O–H groups in total. The third kappa shape index (κ3) is 2.58. The van der Waals surface area contributed by atoms with Gasteiger partial charge in [-0.1, -0.05) is 0 Å². The van der Waals surface area contributed by atoms with Crippen molar-refractivity contribution < 1.29 is 4.79 Å². The minimum absolute atomic E-state index is 0.129. The first kappa shape index (κ1) is 9.78. The van der Waals surface area contributed by atoms with Gasteiger partial charge in [0.2, 0.25) is 0 Å². The maximum absolute atomic E-state index is 10.9. The summed E-state index contributed by atoms with van der Waals surface area (Å²) in [5.74, 6) is 0.129. The fourth-order valence-electron chi connectivity index (χ4n) is 1.09. The Hall–Kier alpha value is -1.31. The summed E-state index contributed by atoms with van der Waals surface area (Å²) < 4.78 is 2.08. The van der Waals surface area contributed by atoms with E-state index in [-0.39, 0.29) is 5.78 Å². The maximum Gasteiger partial charge on any atom is 0.155 e. The molecule has 0 aromatic carbocycles. The number of carbonyl (C=O) groups is 1. The minimum atomic E-state index is 0.129. The number of allylic oxidation sites excluding steroid dienone is 1. The van der Waals surface area contributed by atoms with E-state index in [4.69, 9.17) is 0 Å². The van der Waals surface area contributed by atoms with Gasteiger partial charge in [-0.2, -0.15) is 0 Å². The van der Waals surface area contributed by atoms with Gasteiger partial charge in [-0.3, -0.25) is 4.79 Å². The molecule has 0 amide bonds. The summed E-state index contributed by atoms with van der Waals surface area (Å²) in [6.45, 7) is 6.48. The summed E-state index contributed by atoms with van der Waals surface area (Å²) in [7, 11) is 0. The quantitative estimate of drug-likeness (QED) is 0.650. The Morgan fingerprint density at radius 3 is 2.69 bits per heavy atom. The molecule has 0 unspecified atom stereocenters. The summed E-state index contributed by atoms with van der Waals surface area (Å²) >= 11 is 0. The van der Waals surface area contributed by atoms with E-state index in [2.05, 4.69) is 11.5 Å². The van der Waals surface area contributed by atoms with E-state index in [1.165, 1.54) is 0 Å². The van der Waals surface area contributed by atoms with E-state index in [0.29, 0.717) is 0 Å². The highest BCUT2D eigenvalue weighted by Crippen LogP contribution is 2.07. The van der Waals surface area contributed by atoms with Crippen molar-refractivity contribution in [2.24, 2.45) is 0 Å². The number of aromatic nitrogens is 1. The van der Waals surface area contributed by atoms with Crippen molar-refractivity contribution in [2.45, 2.75) is 27.3 Å². The Bertz CT molecular complexity index is 334. The SMILES string of the molecule is CCn1ccc(/C=C(/C)C(C)=O)c1. The average molecular weight is 177 g/mol. The molecule has 0 saturated heterocycles. The second-order valence-electron chi connectivity index (χ2n) is 3.16. The van der Waals surface area contributed by atoms with Crippen LogP contribution in [0.5, 0.6) is 0 Å².